The molecule has 1 saturated heterocycles. The number of carbonyl (C=O) groups excluding carboxylic acids is 1. The number of H-pyrrole nitrogens is 2. The van der Waals surface area contributed by atoms with Crippen molar-refractivity contribution >= 4 is 11.7 Å². The van der Waals surface area contributed by atoms with Crippen molar-refractivity contribution in [2.24, 2.45) is 0 Å². The number of aromatic nitrogens is 3. The van der Waals surface area contributed by atoms with Crippen LogP contribution in [0.1, 0.15) is 35.7 Å². The van der Waals surface area contributed by atoms with Crippen LogP contribution in [0.4, 0.5) is 10.5 Å². The molecule has 146 valence electrons. The molecule has 0 radical (unpaired) electrons. The van der Waals surface area contributed by atoms with E-state index < -0.39 is 0 Å². The largest absolute Gasteiger partial charge is 0.340 e. The van der Waals surface area contributed by atoms with E-state index in [0.29, 0.717) is 24.6 Å². The molecule has 1 atom stereocenters. The number of aromatic amines is 2. The lowest BCUT2D eigenvalue weighted by atomic mass is 9.98. The number of amides is 2. The second-order valence-corrected chi connectivity index (χ2v) is 6.94. The Labute approximate surface area is 168 Å². The molecule has 0 spiro atoms. The third-order valence-electron chi connectivity index (χ3n) is 4.90. The van der Waals surface area contributed by atoms with Gasteiger partial charge in [-0.3, -0.25) is 4.98 Å². The average molecular weight is 387 g/mol. The van der Waals surface area contributed by atoms with Gasteiger partial charge in [0.2, 0.25) is 0 Å². The molecule has 7 heteroatoms. The molecule has 2 aromatic carbocycles. The molecule has 29 heavy (non-hydrogen) atoms. The maximum atomic E-state index is 12.8. The molecule has 1 aromatic heterocycles. The van der Waals surface area contributed by atoms with E-state index in [9.17, 15) is 9.59 Å². The van der Waals surface area contributed by atoms with Gasteiger partial charge in [-0.2, -0.15) is 5.10 Å². The van der Waals surface area contributed by atoms with Crippen molar-refractivity contribution < 1.29 is 4.79 Å². The third-order valence-corrected chi connectivity index (χ3v) is 4.90. The Morgan fingerprint density at radius 1 is 1.10 bits per heavy atom. The van der Waals surface area contributed by atoms with Crippen LogP contribution in [0, 0.1) is 11.8 Å². The van der Waals surface area contributed by atoms with Crippen LogP contribution < -0.4 is 11.0 Å². The second-order valence-electron chi connectivity index (χ2n) is 6.94. The van der Waals surface area contributed by atoms with Gasteiger partial charge in [0.1, 0.15) is 5.82 Å². The van der Waals surface area contributed by atoms with Crippen LogP contribution in [0.25, 0.3) is 0 Å². The van der Waals surface area contributed by atoms with Crippen LogP contribution in [0.15, 0.2) is 59.4 Å². The highest BCUT2D eigenvalue weighted by atomic mass is 16.2. The quantitative estimate of drug-likeness (QED) is 0.590. The van der Waals surface area contributed by atoms with E-state index in [-0.39, 0.29) is 17.6 Å². The van der Waals surface area contributed by atoms with Crippen molar-refractivity contribution in [2.75, 3.05) is 18.4 Å². The highest BCUT2D eigenvalue weighted by molar-refractivity contribution is 5.91. The van der Waals surface area contributed by atoms with Gasteiger partial charge in [-0.1, -0.05) is 42.2 Å². The van der Waals surface area contributed by atoms with Gasteiger partial charge in [-0.25, -0.2) is 14.7 Å². The third kappa shape index (κ3) is 4.55. The van der Waals surface area contributed by atoms with E-state index in [0.717, 1.165) is 24.0 Å². The first kappa shape index (κ1) is 18.6. The summed E-state index contributed by atoms with van der Waals surface area (Å²) in [5.74, 6) is 6.88. The number of carbonyl (C=O) groups is 1. The minimum Gasteiger partial charge on any atom is -0.324 e. The molecule has 1 unspecified atom stereocenters. The van der Waals surface area contributed by atoms with Crippen molar-refractivity contribution in [1.82, 2.24) is 20.1 Å². The number of benzene rings is 2. The number of anilines is 1. The monoisotopic (exact) mass is 387 g/mol. The molecule has 0 bridgehead atoms. The fourth-order valence-electron chi connectivity index (χ4n) is 3.42. The zero-order chi connectivity index (χ0) is 20.1. The van der Waals surface area contributed by atoms with Crippen LogP contribution in [-0.4, -0.2) is 39.2 Å². The fraction of sp³-hybridized carbons (Fsp3) is 0.227. The number of hydrogen-bond acceptors (Lipinski definition) is 3. The van der Waals surface area contributed by atoms with E-state index in [4.69, 9.17) is 0 Å². The molecule has 7 nitrogen and oxygen atoms in total. The van der Waals surface area contributed by atoms with Crippen LogP contribution >= 0.6 is 0 Å². The van der Waals surface area contributed by atoms with Crippen LogP contribution in [-0.2, 0) is 0 Å². The molecule has 0 saturated carbocycles. The number of piperidine rings is 1. The minimum atomic E-state index is -0.326. The highest BCUT2D eigenvalue weighted by Crippen LogP contribution is 2.24. The van der Waals surface area contributed by atoms with E-state index in [1.807, 2.05) is 54.6 Å². The van der Waals surface area contributed by atoms with Gasteiger partial charge in [0.25, 0.3) is 0 Å². The van der Waals surface area contributed by atoms with Gasteiger partial charge in [-0.15, -0.1) is 0 Å². The van der Waals surface area contributed by atoms with Crippen LogP contribution in [0.3, 0.4) is 0 Å². The molecule has 1 aliphatic heterocycles. The summed E-state index contributed by atoms with van der Waals surface area (Å²) >= 11 is 0. The van der Waals surface area contributed by atoms with E-state index in [1.54, 1.807) is 4.90 Å². The first-order valence-electron chi connectivity index (χ1n) is 9.55. The van der Waals surface area contributed by atoms with Gasteiger partial charge in [0, 0.05) is 30.1 Å². The van der Waals surface area contributed by atoms with Crippen molar-refractivity contribution in [3.63, 3.8) is 0 Å². The number of para-hydroxylation sites is 1. The van der Waals surface area contributed by atoms with Crippen LogP contribution in [0.2, 0.25) is 0 Å². The minimum absolute atomic E-state index is 0.0153. The van der Waals surface area contributed by atoms with Gasteiger partial charge < -0.3 is 10.2 Å². The molecule has 4 rings (SSSR count). The summed E-state index contributed by atoms with van der Waals surface area (Å²) in [4.78, 5) is 28.6. The number of hydrogen-bond donors (Lipinski definition) is 3. The SMILES string of the molecule is O=C(Nc1ccccc1C#Cc1ccccc1)N1CCCC(c2n[nH]c(=O)[nH]2)C1. The fourth-order valence-corrected chi connectivity index (χ4v) is 3.42. The number of urea groups is 1. The molecule has 1 aliphatic rings. The maximum Gasteiger partial charge on any atom is 0.340 e. The van der Waals surface area contributed by atoms with Crippen molar-refractivity contribution in [1.29, 1.82) is 0 Å². The summed E-state index contributed by atoms with van der Waals surface area (Å²) in [5, 5.41) is 9.38. The second kappa shape index (κ2) is 8.48. The van der Waals surface area contributed by atoms with Gasteiger partial charge in [0.05, 0.1) is 5.69 Å². The lowest BCUT2D eigenvalue weighted by Gasteiger charge is -2.31. The summed E-state index contributed by atoms with van der Waals surface area (Å²) in [5.41, 5.74) is 2.03. The smallest absolute Gasteiger partial charge is 0.324 e. The first-order chi connectivity index (χ1) is 14.2. The summed E-state index contributed by atoms with van der Waals surface area (Å²) in [6.07, 6.45) is 1.73. The van der Waals surface area contributed by atoms with Gasteiger partial charge >= 0.3 is 11.7 Å². The predicted octanol–water partition coefficient (Wildman–Crippen LogP) is 2.91. The summed E-state index contributed by atoms with van der Waals surface area (Å²) in [7, 11) is 0. The molecule has 3 N–H and O–H groups in total. The van der Waals surface area contributed by atoms with Crippen molar-refractivity contribution in [3.05, 3.63) is 82.0 Å². The lowest BCUT2D eigenvalue weighted by molar-refractivity contribution is 0.191. The van der Waals surface area contributed by atoms with Crippen LogP contribution in [0.5, 0.6) is 0 Å². The zero-order valence-electron chi connectivity index (χ0n) is 15.8. The number of likely N-dealkylation sites (tertiary alicyclic amines) is 1. The summed E-state index contributed by atoms with van der Waals surface area (Å²) < 4.78 is 0. The van der Waals surface area contributed by atoms with Gasteiger partial charge in [-0.05, 0) is 37.1 Å². The molecular weight excluding hydrogens is 366 g/mol. The summed E-state index contributed by atoms with van der Waals surface area (Å²) in [6.45, 7) is 1.17. The Morgan fingerprint density at radius 2 is 1.90 bits per heavy atom. The number of nitrogens with one attached hydrogen (secondary N) is 3. The standard InChI is InChI=1S/C22H21N5O2/c28-21-24-20(25-26-21)18-10-6-14-27(15-18)22(29)23-19-11-5-4-9-17(19)13-12-16-7-2-1-3-8-16/h1-5,7-9,11,18H,6,10,14-15H2,(H,23,29)(H2,24,25,26,28). The Morgan fingerprint density at radius 3 is 2.69 bits per heavy atom. The van der Waals surface area contributed by atoms with Gasteiger partial charge in [0.15, 0.2) is 0 Å². The average Bonchev–Trinajstić information content (AvgIpc) is 3.20. The number of rotatable bonds is 2. The predicted molar refractivity (Wildman–Crippen MR) is 111 cm³/mol. The maximum absolute atomic E-state index is 12.8. The molecule has 2 amide bonds. The van der Waals surface area contributed by atoms with Crippen molar-refractivity contribution in [2.45, 2.75) is 18.8 Å². The molecule has 0 aliphatic carbocycles. The summed E-state index contributed by atoms with van der Waals surface area (Å²) in [6, 6.07) is 17.0. The number of nitrogens with zero attached hydrogens (tertiary/aromatic N) is 2. The molecule has 2 heterocycles. The topological polar surface area (TPSA) is 93.9 Å². The Balaban J connectivity index is 1.47. The normalized spacial score (nSPS) is 16.0. The van der Waals surface area contributed by atoms with E-state index >= 15 is 0 Å². The molecule has 1 fully saturated rings. The highest BCUT2D eigenvalue weighted by Gasteiger charge is 2.27. The van der Waals surface area contributed by atoms with Crippen molar-refractivity contribution in [3.8, 4) is 11.8 Å². The Kier molecular flexibility index (Phi) is 5.43. The molecule has 3 aromatic rings. The Bertz CT molecular complexity index is 1110. The van der Waals surface area contributed by atoms with E-state index in [2.05, 4.69) is 32.3 Å². The first-order valence-corrected chi connectivity index (χ1v) is 9.55. The zero-order valence-corrected chi connectivity index (χ0v) is 15.8. The van der Waals surface area contributed by atoms with E-state index in [1.165, 1.54) is 0 Å². The Hall–Kier alpha value is -3.79. The lowest BCUT2D eigenvalue weighted by Crippen LogP contribution is -2.42. The molecular formula is C22H21N5O2.